The van der Waals surface area contributed by atoms with Crippen LogP contribution in [-0.4, -0.2) is 41.7 Å². The van der Waals surface area contributed by atoms with Crippen molar-refractivity contribution in [1.29, 1.82) is 0 Å². The number of carbonyl (C=O) groups excluding carboxylic acids is 4. The SMILES string of the molecule is COc1cc2c(cc1NC(C)=O)CN(C1CCC(=O)NC1=O)C2=O. The van der Waals surface area contributed by atoms with Gasteiger partial charge in [-0.15, -0.1) is 0 Å². The van der Waals surface area contributed by atoms with Crippen molar-refractivity contribution in [3.8, 4) is 5.75 Å². The van der Waals surface area contributed by atoms with Gasteiger partial charge in [-0.05, 0) is 24.1 Å². The van der Waals surface area contributed by atoms with E-state index < -0.39 is 11.9 Å². The first-order valence-electron chi connectivity index (χ1n) is 7.54. The molecule has 126 valence electrons. The molecular formula is C16H17N3O5. The minimum atomic E-state index is -0.669. The summed E-state index contributed by atoms with van der Waals surface area (Å²) in [6.07, 6.45) is 0.511. The maximum atomic E-state index is 12.6. The molecule has 1 aromatic rings. The van der Waals surface area contributed by atoms with E-state index in [1.54, 1.807) is 12.1 Å². The highest BCUT2D eigenvalue weighted by molar-refractivity contribution is 6.06. The lowest BCUT2D eigenvalue weighted by Crippen LogP contribution is -2.52. The van der Waals surface area contributed by atoms with Crippen molar-refractivity contribution < 1.29 is 23.9 Å². The molecule has 3 rings (SSSR count). The summed E-state index contributed by atoms with van der Waals surface area (Å²) >= 11 is 0. The van der Waals surface area contributed by atoms with E-state index in [0.717, 1.165) is 0 Å². The highest BCUT2D eigenvalue weighted by atomic mass is 16.5. The van der Waals surface area contributed by atoms with Gasteiger partial charge in [0, 0.05) is 25.5 Å². The second kappa shape index (κ2) is 5.95. The first-order valence-corrected chi connectivity index (χ1v) is 7.54. The van der Waals surface area contributed by atoms with Crippen molar-refractivity contribution in [1.82, 2.24) is 10.2 Å². The molecule has 1 aromatic carbocycles. The molecular weight excluding hydrogens is 314 g/mol. The van der Waals surface area contributed by atoms with Crippen LogP contribution in [0.4, 0.5) is 5.69 Å². The van der Waals surface area contributed by atoms with Crippen LogP contribution in [0.25, 0.3) is 0 Å². The number of imide groups is 1. The zero-order valence-corrected chi connectivity index (χ0v) is 13.3. The van der Waals surface area contributed by atoms with Crippen molar-refractivity contribution in [3.63, 3.8) is 0 Å². The zero-order chi connectivity index (χ0) is 17.4. The monoisotopic (exact) mass is 331 g/mol. The van der Waals surface area contributed by atoms with Gasteiger partial charge in [0.25, 0.3) is 5.91 Å². The minimum Gasteiger partial charge on any atom is -0.495 e. The number of hydrogen-bond acceptors (Lipinski definition) is 5. The molecule has 0 aromatic heterocycles. The molecule has 1 atom stereocenters. The molecule has 2 N–H and O–H groups in total. The number of rotatable bonds is 3. The number of hydrogen-bond donors (Lipinski definition) is 2. The van der Waals surface area contributed by atoms with Gasteiger partial charge in [0.1, 0.15) is 11.8 Å². The van der Waals surface area contributed by atoms with E-state index in [1.807, 2.05) is 0 Å². The van der Waals surface area contributed by atoms with E-state index in [1.165, 1.54) is 18.9 Å². The summed E-state index contributed by atoms with van der Waals surface area (Å²) in [6, 6.07) is 2.58. The van der Waals surface area contributed by atoms with Crippen LogP contribution in [0.2, 0.25) is 0 Å². The lowest BCUT2D eigenvalue weighted by atomic mass is 10.0. The van der Waals surface area contributed by atoms with Crippen molar-refractivity contribution >= 4 is 29.3 Å². The standard InChI is InChI=1S/C16H17N3O5/c1-8(20)17-11-5-9-7-19(12-3-4-14(21)18-15(12)22)16(23)10(9)6-13(11)24-2/h5-6,12H,3-4,7H2,1-2H3,(H,17,20)(H,18,21,22). The van der Waals surface area contributed by atoms with Gasteiger partial charge < -0.3 is 15.0 Å². The maximum absolute atomic E-state index is 12.6. The molecule has 2 heterocycles. The van der Waals surface area contributed by atoms with E-state index in [4.69, 9.17) is 4.74 Å². The lowest BCUT2D eigenvalue weighted by Gasteiger charge is -2.29. The molecule has 24 heavy (non-hydrogen) atoms. The van der Waals surface area contributed by atoms with Gasteiger partial charge in [-0.2, -0.15) is 0 Å². The average molecular weight is 331 g/mol. The summed E-state index contributed by atoms with van der Waals surface area (Å²) in [5, 5.41) is 4.92. The lowest BCUT2D eigenvalue weighted by molar-refractivity contribution is -0.137. The Morgan fingerprint density at radius 3 is 2.71 bits per heavy atom. The molecule has 4 amide bonds. The Morgan fingerprint density at radius 1 is 1.33 bits per heavy atom. The van der Waals surface area contributed by atoms with Gasteiger partial charge in [0.15, 0.2) is 0 Å². The van der Waals surface area contributed by atoms with E-state index in [0.29, 0.717) is 29.0 Å². The number of amides is 4. The number of anilines is 1. The third-order valence-electron chi connectivity index (χ3n) is 4.15. The van der Waals surface area contributed by atoms with Crippen LogP contribution in [0.1, 0.15) is 35.7 Å². The smallest absolute Gasteiger partial charge is 0.255 e. The fourth-order valence-electron chi connectivity index (χ4n) is 3.05. The molecule has 0 aliphatic carbocycles. The molecule has 2 aliphatic rings. The van der Waals surface area contributed by atoms with Crippen LogP contribution in [0.15, 0.2) is 12.1 Å². The number of methoxy groups -OCH3 is 1. The van der Waals surface area contributed by atoms with Crippen LogP contribution in [0, 0.1) is 0 Å². The Bertz CT molecular complexity index is 758. The number of piperidine rings is 1. The second-order valence-electron chi connectivity index (χ2n) is 5.79. The van der Waals surface area contributed by atoms with Crippen LogP contribution in [0.5, 0.6) is 5.75 Å². The molecule has 8 nitrogen and oxygen atoms in total. The van der Waals surface area contributed by atoms with Crippen LogP contribution < -0.4 is 15.4 Å². The Hall–Kier alpha value is -2.90. The largest absolute Gasteiger partial charge is 0.495 e. The molecule has 1 unspecified atom stereocenters. The first kappa shape index (κ1) is 16.0. The van der Waals surface area contributed by atoms with E-state index >= 15 is 0 Å². The Morgan fingerprint density at radius 2 is 2.08 bits per heavy atom. The predicted octanol–water partition coefficient (Wildman–Crippen LogP) is 0.415. The molecule has 0 saturated carbocycles. The molecule has 1 fully saturated rings. The fraction of sp³-hybridized carbons (Fsp3) is 0.375. The van der Waals surface area contributed by atoms with Gasteiger partial charge in [0.2, 0.25) is 17.7 Å². The number of carbonyl (C=O) groups is 4. The molecule has 0 radical (unpaired) electrons. The first-order chi connectivity index (χ1) is 11.4. The quantitative estimate of drug-likeness (QED) is 0.781. The van der Waals surface area contributed by atoms with Crippen molar-refractivity contribution in [2.24, 2.45) is 0 Å². The summed E-state index contributed by atoms with van der Waals surface area (Å²) in [5.74, 6) is -0.939. The van der Waals surface area contributed by atoms with Gasteiger partial charge >= 0.3 is 0 Å². The maximum Gasteiger partial charge on any atom is 0.255 e. The zero-order valence-electron chi connectivity index (χ0n) is 13.3. The summed E-state index contributed by atoms with van der Waals surface area (Å²) < 4.78 is 5.23. The van der Waals surface area contributed by atoms with E-state index in [9.17, 15) is 19.2 Å². The second-order valence-corrected chi connectivity index (χ2v) is 5.79. The van der Waals surface area contributed by atoms with Crippen LogP contribution in [-0.2, 0) is 20.9 Å². The van der Waals surface area contributed by atoms with Crippen LogP contribution in [0.3, 0.4) is 0 Å². The number of benzene rings is 1. The average Bonchev–Trinajstić information content (AvgIpc) is 2.82. The Balaban J connectivity index is 1.91. The predicted molar refractivity (Wildman–Crippen MR) is 83.3 cm³/mol. The molecule has 8 heteroatoms. The molecule has 0 spiro atoms. The van der Waals surface area contributed by atoms with Gasteiger partial charge in [0.05, 0.1) is 12.8 Å². The molecule has 1 saturated heterocycles. The summed E-state index contributed by atoms with van der Waals surface area (Å²) in [5.41, 5.74) is 1.61. The molecule has 2 aliphatic heterocycles. The molecule has 0 bridgehead atoms. The summed E-state index contributed by atoms with van der Waals surface area (Å²) in [6.45, 7) is 1.63. The van der Waals surface area contributed by atoms with Gasteiger partial charge in [-0.1, -0.05) is 0 Å². The highest BCUT2D eigenvalue weighted by Gasteiger charge is 2.39. The summed E-state index contributed by atoms with van der Waals surface area (Å²) in [4.78, 5) is 48.7. The van der Waals surface area contributed by atoms with E-state index in [-0.39, 0.29) is 30.7 Å². The van der Waals surface area contributed by atoms with Gasteiger partial charge in [-0.25, -0.2) is 0 Å². The third-order valence-corrected chi connectivity index (χ3v) is 4.15. The topological polar surface area (TPSA) is 105 Å². The highest BCUT2D eigenvalue weighted by Crippen LogP contribution is 2.35. The van der Waals surface area contributed by atoms with Crippen molar-refractivity contribution in [2.75, 3.05) is 12.4 Å². The minimum absolute atomic E-state index is 0.205. The normalized spacial score (nSPS) is 19.8. The Labute approximate surface area is 138 Å². The Kier molecular flexibility index (Phi) is 3.96. The number of nitrogens with one attached hydrogen (secondary N) is 2. The van der Waals surface area contributed by atoms with Crippen molar-refractivity contribution in [3.05, 3.63) is 23.3 Å². The van der Waals surface area contributed by atoms with Crippen LogP contribution >= 0.6 is 0 Å². The fourth-order valence-corrected chi connectivity index (χ4v) is 3.05. The number of nitrogens with zero attached hydrogens (tertiary/aromatic N) is 1. The summed E-state index contributed by atoms with van der Waals surface area (Å²) in [7, 11) is 1.45. The number of fused-ring (bicyclic) bond motifs is 1. The van der Waals surface area contributed by atoms with Crippen molar-refractivity contribution in [2.45, 2.75) is 32.4 Å². The van der Waals surface area contributed by atoms with E-state index in [2.05, 4.69) is 10.6 Å². The van der Waals surface area contributed by atoms with Gasteiger partial charge in [-0.3, -0.25) is 24.5 Å². The third kappa shape index (κ3) is 2.70. The number of ether oxygens (including phenoxy) is 1.